The summed E-state index contributed by atoms with van der Waals surface area (Å²) in [4.78, 5) is 2.29. The average molecular weight is 202 g/mol. The van der Waals surface area contributed by atoms with E-state index in [0.717, 1.165) is 37.6 Å². The van der Waals surface area contributed by atoms with Gasteiger partial charge in [-0.05, 0) is 6.07 Å². The molecular formula is C12H14N2O. The molecule has 3 rings (SSSR count). The third kappa shape index (κ3) is 1.59. The lowest BCUT2D eigenvalue weighted by Gasteiger charge is -2.26. The Hall–Kier alpha value is -1.48. The molecule has 15 heavy (non-hydrogen) atoms. The van der Waals surface area contributed by atoms with Crippen molar-refractivity contribution in [2.45, 2.75) is 0 Å². The minimum Gasteiger partial charge on any atom is -0.441 e. The second-order valence-electron chi connectivity index (χ2n) is 3.86. The summed E-state index contributed by atoms with van der Waals surface area (Å²) in [5.74, 6) is 0.998. The topological polar surface area (TPSA) is 28.4 Å². The fraction of sp³-hybridized carbons (Fsp3) is 0.333. The van der Waals surface area contributed by atoms with Gasteiger partial charge in [0.15, 0.2) is 5.88 Å². The lowest BCUT2D eigenvalue weighted by molar-refractivity contribution is 0.527. The van der Waals surface area contributed by atoms with Crippen LogP contribution in [0.5, 0.6) is 0 Å². The van der Waals surface area contributed by atoms with E-state index in [2.05, 4.69) is 22.3 Å². The van der Waals surface area contributed by atoms with Gasteiger partial charge in [-0.3, -0.25) is 0 Å². The van der Waals surface area contributed by atoms with Crippen molar-refractivity contribution in [1.82, 2.24) is 5.32 Å². The SMILES string of the molecule is c1ccc2oc(N3CCNCC3)cc2c1. The summed E-state index contributed by atoms with van der Waals surface area (Å²) >= 11 is 0. The molecule has 1 fully saturated rings. The van der Waals surface area contributed by atoms with Crippen molar-refractivity contribution in [1.29, 1.82) is 0 Å². The standard InChI is InChI=1S/C12H14N2O/c1-2-4-11-10(3-1)9-12(15-11)14-7-5-13-6-8-14/h1-4,9,13H,5-8H2. The zero-order valence-corrected chi connectivity index (χ0v) is 8.57. The summed E-state index contributed by atoms with van der Waals surface area (Å²) < 4.78 is 5.81. The van der Waals surface area contributed by atoms with Gasteiger partial charge in [0.2, 0.25) is 0 Å². The number of nitrogens with one attached hydrogen (secondary N) is 1. The number of benzene rings is 1. The number of piperazine rings is 1. The van der Waals surface area contributed by atoms with Gasteiger partial charge >= 0.3 is 0 Å². The smallest absolute Gasteiger partial charge is 0.196 e. The predicted octanol–water partition coefficient (Wildman–Crippen LogP) is 1.84. The van der Waals surface area contributed by atoms with Gasteiger partial charge in [-0.15, -0.1) is 0 Å². The Morgan fingerprint density at radius 3 is 2.73 bits per heavy atom. The normalized spacial score (nSPS) is 17.2. The maximum absolute atomic E-state index is 5.81. The summed E-state index contributed by atoms with van der Waals surface area (Å²) in [5, 5.41) is 4.52. The molecule has 1 aliphatic heterocycles. The fourth-order valence-corrected chi connectivity index (χ4v) is 2.01. The Bertz CT molecular complexity index is 424. The Morgan fingerprint density at radius 2 is 1.93 bits per heavy atom. The molecule has 0 bridgehead atoms. The lowest BCUT2D eigenvalue weighted by atomic mass is 10.2. The Labute approximate surface area is 88.7 Å². The molecule has 0 aliphatic carbocycles. The Morgan fingerprint density at radius 1 is 1.13 bits per heavy atom. The molecule has 0 saturated carbocycles. The number of rotatable bonds is 1. The van der Waals surface area contributed by atoms with Gasteiger partial charge in [-0.25, -0.2) is 0 Å². The number of hydrogen-bond donors (Lipinski definition) is 1. The minimum absolute atomic E-state index is 0.978. The van der Waals surface area contributed by atoms with Gasteiger partial charge in [0.05, 0.1) is 0 Å². The van der Waals surface area contributed by atoms with E-state index in [0.29, 0.717) is 0 Å². The molecule has 0 spiro atoms. The summed E-state index contributed by atoms with van der Waals surface area (Å²) in [6.07, 6.45) is 0. The molecule has 0 amide bonds. The zero-order valence-electron chi connectivity index (χ0n) is 8.57. The van der Waals surface area contributed by atoms with Crippen LogP contribution in [-0.4, -0.2) is 26.2 Å². The van der Waals surface area contributed by atoms with E-state index < -0.39 is 0 Å². The Balaban J connectivity index is 1.96. The second kappa shape index (κ2) is 3.59. The van der Waals surface area contributed by atoms with E-state index in [1.54, 1.807) is 0 Å². The van der Waals surface area contributed by atoms with E-state index in [1.165, 1.54) is 5.39 Å². The second-order valence-corrected chi connectivity index (χ2v) is 3.86. The van der Waals surface area contributed by atoms with E-state index in [1.807, 2.05) is 18.2 Å². The number of para-hydroxylation sites is 1. The molecule has 1 aliphatic rings. The molecule has 3 nitrogen and oxygen atoms in total. The largest absolute Gasteiger partial charge is 0.441 e. The van der Waals surface area contributed by atoms with Gasteiger partial charge < -0.3 is 14.6 Å². The first-order valence-corrected chi connectivity index (χ1v) is 5.38. The molecule has 1 aromatic heterocycles. The zero-order chi connectivity index (χ0) is 10.1. The van der Waals surface area contributed by atoms with E-state index >= 15 is 0 Å². The van der Waals surface area contributed by atoms with Gasteiger partial charge in [-0.1, -0.05) is 18.2 Å². The highest BCUT2D eigenvalue weighted by Crippen LogP contribution is 2.25. The van der Waals surface area contributed by atoms with Crippen molar-refractivity contribution in [3.63, 3.8) is 0 Å². The minimum atomic E-state index is 0.978. The van der Waals surface area contributed by atoms with Crippen molar-refractivity contribution in [2.24, 2.45) is 0 Å². The molecule has 3 heteroatoms. The number of furan rings is 1. The van der Waals surface area contributed by atoms with Crippen LogP contribution in [0.25, 0.3) is 11.0 Å². The third-order valence-electron chi connectivity index (χ3n) is 2.84. The summed E-state index contributed by atoms with van der Waals surface area (Å²) in [7, 11) is 0. The molecule has 1 aromatic carbocycles. The molecule has 0 radical (unpaired) electrons. The van der Waals surface area contributed by atoms with Crippen LogP contribution < -0.4 is 10.2 Å². The van der Waals surface area contributed by atoms with Gasteiger partial charge in [0.1, 0.15) is 5.58 Å². The first-order valence-electron chi connectivity index (χ1n) is 5.38. The number of fused-ring (bicyclic) bond motifs is 1. The van der Waals surface area contributed by atoms with Crippen LogP contribution in [0.15, 0.2) is 34.7 Å². The van der Waals surface area contributed by atoms with Gasteiger partial charge in [-0.2, -0.15) is 0 Å². The molecule has 0 unspecified atom stereocenters. The number of nitrogens with zero attached hydrogens (tertiary/aromatic N) is 1. The van der Waals surface area contributed by atoms with Gasteiger partial charge in [0, 0.05) is 37.6 Å². The molecule has 1 saturated heterocycles. The Kier molecular flexibility index (Phi) is 2.10. The van der Waals surface area contributed by atoms with Crippen LogP contribution >= 0.6 is 0 Å². The first-order chi connectivity index (χ1) is 7.43. The molecule has 2 heterocycles. The highest BCUT2D eigenvalue weighted by atomic mass is 16.4. The van der Waals surface area contributed by atoms with Crippen LogP contribution in [0.3, 0.4) is 0 Å². The molecular weight excluding hydrogens is 188 g/mol. The monoisotopic (exact) mass is 202 g/mol. The van der Waals surface area contributed by atoms with Crippen molar-refractivity contribution in [3.8, 4) is 0 Å². The van der Waals surface area contributed by atoms with Crippen molar-refractivity contribution in [2.75, 3.05) is 31.1 Å². The van der Waals surface area contributed by atoms with Crippen LogP contribution in [0.1, 0.15) is 0 Å². The maximum Gasteiger partial charge on any atom is 0.196 e. The van der Waals surface area contributed by atoms with E-state index in [9.17, 15) is 0 Å². The van der Waals surface area contributed by atoms with Crippen molar-refractivity contribution in [3.05, 3.63) is 30.3 Å². The van der Waals surface area contributed by atoms with Crippen LogP contribution in [-0.2, 0) is 0 Å². The highest BCUT2D eigenvalue weighted by molar-refractivity contribution is 5.80. The average Bonchev–Trinajstić information content (AvgIpc) is 2.74. The summed E-state index contributed by atoms with van der Waals surface area (Å²) in [6, 6.07) is 10.3. The van der Waals surface area contributed by atoms with Crippen LogP contribution in [0, 0.1) is 0 Å². The number of hydrogen-bond acceptors (Lipinski definition) is 3. The van der Waals surface area contributed by atoms with Crippen molar-refractivity contribution < 1.29 is 4.42 Å². The molecule has 0 atom stereocenters. The first kappa shape index (κ1) is 8.80. The van der Waals surface area contributed by atoms with Crippen LogP contribution in [0.2, 0.25) is 0 Å². The lowest BCUT2D eigenvalue weighted by Crippen LogP contribution is -2.43. The summed E-state index contributed by atoms with van der Waals surface area (Å²) in [5.41, 5.74) is 0.978. The van der Waals surface area contributed by atoms with Crippen molar-refractivity contribution >= 4 is 16.9 Å². The molecule has 1 N–H and O–H groups in total. The third-order valence-corrected chi connectivity index (χ3v) is 2.84. The number of anilines is 1. The summed E-state index contributed by atoms with van der Waals surface area (Å²) in [6.45, 7) is 4.13. The highest BCUT2D eigenvalue weighted by Gasteiger charge is 2.14. The van der Waals surface area contributed by atoms with Gasteiger partial charge in [0.25, 0.3) is 0 Å². The molecule has 78 valence electrons. The quantitative estimate of drug-likeness (QED) is 0.765. The predicted molar refractivity (Wildman–Crippen MR) is 61.3 cm³/mol. The molecule has 2 aromatic rings. The van der Waals surface area contributed by atoms with E-state index in [-0.39, 0.29) is 0 Å². The van der Waals surface area contributed by atoms with Crippen LogP contribution in [0.4, 0.5) is 5.88 Å². The van der Waals surface area contributed by atoms with E-state index in [4.69, 9.17) is 4.42 Å². The maximum atomic E-state index is 5.81. The fourth-order valence-electron chi connectivity index (χ4n) is 2.01.